The van der Waals surface area contributed by atoms with Crippen molar-refractivity contribution in [1.29, 1.82) is 0 Å². The third kappa shape index (κ3) is 4.28. The summed E-state index contributed by atoms with van der Waals surface area (Å²) in [4.78, 5) is 19.6. The van der Waals surface area contributed by atoms with Gasteiger partial charge in [-0.1, -0.05) is 12.1 Å². The first-order valence-electron chi connectivity index (χ1n) is 10.6. The summed E-state index contributed by atoms with van der Waals surface area (Å²) in [5.74, 6) is 1.44. The molecule has 0 aliphatic carbocycles. The summed E-state index contributed by atoms with van der Waals surface area (Å²) < 4.78 is 5.68. The molecule has 158 valence electrons. The number of fused-ring (bicyclic) bond motifs is 1. The number of carbonyl (C=O) groups excluding carboxylic acids is 1. The molecule has 0 saturated carbocycles. The number of anilines is 1. The van der Waals surface area contributed by atoms with Crippen LogP contribution in [0.25, 0.3) is 10.1 Å². The number of hydrogen-bond donors (Lipinski definition) is 0. The van der Waals surface area contributed by atoms with Crippen molar-refractivity contribution in [2.45, 2.75) is 50.2 Å². The van der Waals surface area contributed by atoms with Gasteiger partial charge in [0, 0.05) is 38.1 Å². The minimum atomic E-state index is -0.292. The number of thioether (sulfide) groups is 1. The summed E-state index contributed by atoms with van der Waals surface area (Å²) >= 11 is 3.38. The van der Waals surface area contributed by atoms with Gasteiger partial charge in [-0.3, -0.25) is 9.69 Å². The lowest BCUT2D eigenvalue weighted by Crippen LogP contribution is -2.47. The molecule has 29 heavy (non-hydrogen) atoms. The molecule has 0 radical (unpaired) electrons. The van der Waals surface area contributed by atoms with Crippen LogP contribution in [0.5, 0.6) is 0 Å². The molecule has 0 atom stereocenters. The number of rotatable bonds is 6. The molecule has 4 rings (SSSR count). The molecule has 2 aliphatic heterocycles. The number of nitrogens with zero attached hydrogens (tertiary/aromatic N) is 4. The van der Waals surface area contributed by atoms with Crippen molar-refractivity contribution in [3.8, 4) is 0 Å². The third-order valence-electron chi connectivity index (χ3n) is 6.05. The number of benzene rings is 1. The van der Waals surface area contributed by atoms with Crippen LogP contribution in [0.4, 0.5) is 5.82 Å². The molecule has 2 fully saturated rings. The molecule has 0 unspecified atom stereocenters. The summed E-state index contributed by atoms with van der Waals surface area (Å²) in [6.07, 6.45) is 2.22. The molecule has 0 spiro atoms. The Hall–Kier alpha value is -1.31. The predicted molar refractivity (Wildman–Crippen MR) is 125 cm³/mol. The number of piperazine rings is 1. The van der Waals surface area contributed by atoms with Crippen molar-refractivity contribution in [3.63, 3.8) is 0 Å². The van der Waals surface area contributed by atoms with Crippen molar-refractivity contribution in [2.24, 2.45) is 0 Å². The van der Waals surface area contributed by atoms with E-state index in [4.69, 9.17) is 4.37 Å². The van der Waals surface area contributed by atoms with Gasteiger partial charge in [0.2, 0.25) is 5.91 Å². The van der Waals surface area contributed by atoms with Crippen LogP contribution in [0.2, 0.25) is 0 Å². The smallest absolute Gasteiger partial charge is 0.239 e. The summed E-state index contributed by atoms with van der Waals surface area (Å²) in [7, 11) is 0. The molecule has 2 saturated heterocycles. The molecule has 5 nitrogen and oxygen atoms in total. The van der Waals surface area contributed by atoms with E-state index in [1.165, 1.54) is 10.1 Å². The maximum atomic E-state index is 12.7. The van der Waals surface area contributed by atoms with Crippen LogP contribution in [0, 0.1) is 0 Å². The van der Waals surface area contributed by atoms with E-state index in [9.17, 15) is 4.79 Å². The van der Waals surface area contributed by atoms with Crippen molar-refractivity contribution >= 4 is 45.1 Å². The first-order chi connectivity index (χ1) is 13.8. The van der Waals surface area contributed by atoms with Gasteiger partial charge in [0.1, 0.15) is 5.82 Å². The number of amides is 1. The van der Waals surface area contributed by atoms with Gasteiger partial charge in [0.15, 0.2) is 0 Å². The third-order valence-corrected chi connectivity index (χ3v) is 8.27. The second-order valence-electron chi connectivity index (χ2n) is 9.05. The van der Waals surface area contributed by atoms with E-state index >= 15 is 0 Å². The molecule has 2 aromatic rings. The van der Waals surface area contributed by atoms with Gasteiger partial charge < -0.3 is 9.80 Å². The molecule has 0 N–H and O–H groups in total. The van der Waals surface area contributed by atoms with Gasteiger partial charge in [-0.15, -0.1) is 11.8 Å². The molecule has 1 amide bonds. The Bertz CT molecular complexity index is 871. The zero-order valence-electron chi connectivity index (χ0n) is 18.0. The van der Waals surface area contributed by atoms with Crippen molar-refractivity contribution in [3.05, 3.63) is 24.3 Å². The van der Waals surface area contributed by atoms with Crippen molar-refractivity contribution < 1.29 is 4.79 Å². The second kappa shape index (κ2) is 8.08. The Kier molecular flexibility index (Phi) is 5.84. The average molecular weight is 433 g/mol. The van der Waals surface area contributed by atoms with E-state index < -0.39 is 0 Å². The highest BCUT2D eigenvalue weighted by molar-refractivity contribution is 8.03. The molecule has 7 heteroatoms. The van der Waals surface area contributed by atoms with Gasteiger partial charge in [0.25, 0.3) is 0 Å². The molecule has 1 aromatic heterocycles. The van der Waals surface area contributed by atoms with E-state index in [-0.39, 0.29) is 15.5 Å². The number of hydrogen-bond acceptors (Lipinski definition) is 6. The molecule has 1 aromatic carbocycles. The van der Waals surface area contributed by atoms with Crippen LogP contribution in [0.3, 0.4) is 0 Å². The Morgan fingerprint density at radius 2 is 1.69 bits per heavy atom. The topological polar surface area (TPSA) is 39.7 Å². The number of unbranched alkanes of at least 4 members (excludes halogenated alkanes) is 1. The first kappa shape index (κ1) is 20.9. The van der Waals surface area contributed by atoms with Crippen LogP contribution in [0.15, 0.2) is 24.3 Å². The van der Waals surface area contributed by atoms with Crippen LogP contribution in [-0.4, -0.2) is 69.0 Å². The highest BCUT2D eigenvalue weighted by Crippen LogP contribution is 2.47. The lowest BCUT2D eigenvalue weighted by molar-refractivity contribution is -0.133. The van der Waals surface area contributed by atoms with Gasteiger partial charge in [0.05, 0.1) is 14.3 Å². The first-order valence-corrected chi connectivity index (χ1v) is 12.2. The van der Waals surface area contributed by atoms with Crippen LogP contribution < -0.4 is 4.90 Å². The van der Waals surface area contributed by atoms with Gasteiger partial charge in [-0.2, -0.15) is 4.37 Å². The van der Waals surface area contributed by atoms with E-state index in [0.717, 1.165) is 57.9 Å². The van der Waals surface area contributed by atoms with Gasteiger partial charge in [-0.05, 0) is 70.7 Å². The highest BCUT2D eigenvalue weighted by Gasteiger charge is 2.50. The average Bonchev–Trinajstić information content (AvgIpc) is 3.17. The predicted octanol–water partition coefficient (Wildman–Crippen LogP) is 4.29. The molecule has 0 bridgehead atoms. The summed E-state index contributed by atoms with van der Waals surface area (Å²) in [5, 5.41) is 1.28. The zero-order valence-corrected chi connectivity index (χ0v) is 19.6. The maximum Gasteiger partial charge on any atom is 0.239 e. The monoisotopic (exact) mass is 432 g/mol. The fraction of sp³-hybridized carbons (Fsp3) is 0.636. The fourth-order valence-corrected chi connectivity index (χ4v) is 7.08. The van der Waals surface area contributed by atoms with E-state index in [1.54, 1.807) is 23.3 Å². The fourth-order valence-electron chi connectivity index (χ4n) is 4.55. The van der Waals surface area contributed by atoms with Crippen LogP contribution in [-0.2, 0) is 4.79 Å². The standard InChI is InChI=1S/C22H32N4OS2/c1-21(2)20(27)26(22(3,4)29-21)12-8-7-11-24-13-15-25(16-14-24)19-17-9-5-6-10-18(17)28-23-19/h5-6,9-10H,7-8,11-16H2,1-4H3. The summed E-state index contributed by atoms with van der Waals surface area (Å²) in [6, 6.07) is 8.52. The highest BCUT2D eigenvalue weighted by atomic mass is 32.2. The Balaban J connectivity index is 1.22. The van der Waals surface area contributed by atoms with Crippen LogP contribution >= 0.6 is 23.3 Å². The SMILES string of the molecule is CC1(C)SC(C)(C)N(CCCCN2CCN(c3nsc4ccccc34)CC2)C1=O. The molecule has 2 aliphatic rings. The minimum absolute atomic E-state index is 0.0947. The molecular formula is C22H32N4OS2. The van der Waals surface area contributed by atoms with Crippen molar-refractivity contribution in [1.82, 2.24) is 14.2 Å². The summed E-state index contributed by atoms with van der Waals surface area (Å²) in [5.41, 5.74) is 0. The van der Waals surface area contributed by atoms with Gasteiger partial charge >= 0.3 is 0 Å². The van der Waals surface area contributed by atoms with Crippen molar-refractivity contribution in [2.75, 3.05) is 44.2 Å². The lowest BCUT2D eigenvalue weighted by atomic mass is 10.1. The Labute approximate surface area is 182 Å². The Morgan fingerprint density at radius 1 is 1.00 bits per heavy atom. The second-order valence-corrected chi connectivity index (χ2v) is 12.1. The normalized spacial score (nSPS) is 22.0. The Morgan fingerprint density at radius 3 is 2.38 bits per heavy atom. The minimum Gasteiger partial charge on any atom is -0.353 e. The largest absolute Gasteiger partial charge is 0.353 e. The molecule has 3 heterocycles. The quantitative estimate of drug-likeness (QED) is 0.637. The lowest BCUT2D eigenvalue weighted by Gasteiger charge is -2.35. The van der Waals surface area contributed by atoms with E-state index in [2.05, 4.69) is 52.8 Å². The van der Waals surface area contributed by atoms with Crippen LogP contribution in [0.1, 0.15) is 40.5 Å². The maximum absolute atomic E-state index is 12.7. The molecular weight excluding hydrogens is 400 g/mol. The zero-order chi connectivity index (χ0) is 20.6. The van der Waals surface area contributed by atoms with Gasteiger partial charge in [-0.25, -0.2) is 0 Å². The van der Waals surface area contributed by atoms with E-state index in [1.807, 2.05) is 13.8 Å². The number of carbonyl (C=O) groups is 1. The summed E-state index contributed by atoms with van der Waals surface area (Å²) in [6.45, 7) is 14.7. The number of aromatic nitrogens is 1. The van der Waals surface area contributed by atoms with E-state index in [0.29, 0.717) is 0 Å².